The number of rotatable bonds is 10. The monoisotopic (exact) mass is 549 g/mol. The SMILES string of the molecule is O=C(NO)[C@H](COCc1ccccc1)NS(=O)(=O)c1ccc(C#Cc2ccc(CN3CCOCC3)cc2)cc1. The van der Waals surface area contributed by atoms with Gasteiger partial charge in [0.15, 0.2) is 0 Å². The van der Waals surface area contributed by atoms with Gasteiger partial charge in [-0.2, -0.15) is 4.72 Å². The molecule has 3 aromatic carbocycles. The van der Waals surface area contributed by atoms with E-state index in [2.05, 4.69) is 33.6 Å². The van der Waals surface area contributed by atoms with Crippen LogP contribution >= 0.6 is 0 Å². The lowest BCUT2D eigenvalue weighted by Crippen LogP contribution is -2.48. The number of sulfonamides is 1. The number of morpholine rings is 1. The van der Waals surface area contributed by atoms with Crippen molar-refractivity contribution in [1.82, 2.24) is 15.1 Å². The number of hydrogen-bond acceptors (Lipinski definition) is 7. The van der Waals surface area contributed by atoms with Crippen LogP contribution < -0.4 is 10.2 Å². The molecule has 10 heteroatoms. The Morgan fingerprint density at radius 1 is 0.923 bits per heavy atom. The van der Waals surface area contributed by atoms with E-state index in [0.29, 0.717) is 5.56 Å². The van der Waals surface area contributed by atoms with Gasteiger partial charge in [-0.15, -0.1) is 0 Å². The maximum absolute atomic E-state index is 12.9. The maximum Gasteiger partial charge on any atom is 0.263 e. The van der Waals surface area contributed by atoms with Gasteiger partial charge in [0.2, 0.25) is 10.0 Å². The molecular formula is C29H31N3O6S. The van der Waals surface area contributed by atoms with Crippen molar-refractivity contribution in [2.24, 2.45) is 0 Å². The molecule has 0 radical (unpaired) electrons. The van der Waals surface area contributed by atoms with E-state index < -0.39 is 22.0 Å². The average Bonchev–Trinajstić information content (AvgIpc) is 2.97. The molecule has 3 aromatic rings. The molecule has 1 aliphatic heterocycles. The second-order valence-corrected chi connectivity index (χ2v) is 10.7. The highest BCUT2D eigenvalue weighted by atomic mass is 32.2. The summed E-state index contributed by atoms with van der Waals surface area (Å²) in [6.45, 7) is 4.18. The number of carbonyl (C=O) groups is 1. The fourth-order valence-electron chi connectivity index (χ4n) is 3.94. The van der Waals surface area contributed by atoms with Crippen LogP contribution in [0.2, 0.25) is 0 Å². The van der Waals surface area contributed by atoms with Gasteiger partial charge in [-0.05, 0) is 47.5 Å². The van der Waals surface area contributed by atoms with Gasteiger partial charge in [0.1, 0.15) is 6.04 Å². The third kappa shape index (κ3) is 8.73. The topological polar surface area (TPSA) is 117 Å². The zero-order valence-electron chi connectivity index (χ0n) is 21.4. The first-order valence-corrected chi connectivity index (χ1v) is 14.0. The van der Waals surface area contributed by atoms with Gasteiger partial charge in [0.05, 0.1) is 31.3 Å². The maximum atomic E-state index is 12.9. The molecular weight excluding hydrogens is 518 g/mol. The number of hydroxylamine groups is 1. The van der Waals surface area contributed by atoms with Gasteiger partial charge >= 0.3 is 0 Å². The van der Waals surface area contributed by atoms with E-state index in [1.165, 1.54) is 23.2 Å². The Hall–Kier alpha value is -3.56. The summed E-state index contributed by atoms with van der Waals surface area (Å²) >= 11 is 0. The minimum absolute atomic E-state index is 0.0423. The van der Waals surface area contributed by atoms with Crippen molar-refractivity contribution in [3.05, 3.63) is 101 Å². The van der Waals surface area contributed by atoms with Crippen LogP contribution in [0.25, 0.3) is 0 Å². The van der Waals surface area contributed by atoms with E-state index in [9.17, 15) is 13.2 Å². The summed E-state index contributed by atoms with van der Waals surface area (Å²) < 4.78 is 38.9. The van der Waals surface area contributed by atoms with Crippen LogP contribution in [-0.2, 0) is 37.4 Å². The minimum atomic E-state index is -4.07. The molecule has 0 aliphatic carbocycles. The molecule has 1 heterocycles. The van der Waals surface area contributed by atoms with E-state index in [1.54, 1.807) is 12.1 Å². The second-order valence-electron chi connectivity index (χ2n) is 9.01. The Balaban J connectivity index is 1.34. The molecule has 39 heavy (non-hydrogen) atoms. The fourth-order valence-corrected chi connectivity index (χ4v) is 5.12. The zero-order valence-corrected chi connectivity index (χ0v) is 22.2. The van der Waals surface area contributed by atoms with Gasteiger partial charge in [0.25, 0.3) is 5.91 Å². The van der Waals surface area contributed by atoms with Gasteiger partial charge in [-0.1, -0.05) is 54.3 Å². The molecule has 1 atom stereocenters. The van der Waals surface area contributed by atoms with Crippen LogP contribution in [0.3, 0.4) is 0 Å². The molecule has 204 valence electrons. The highest BCUT2D eigenvalue weighted by molar-refractivity contribution is 7.89. The summed E-state index contributed by atoms with van der Waals surface area (Å²) in [5.41, 5.74) is 5.05. The molecule has 3 N–H and O–H groups in total. The molecule has 0 spiro atoms. The molecule has 0 bridgehead atoms. The van der Waals surface area contributed by atoms with Crippen LogP contribution in [0.5, 0.6) is 0 Å². The number of ether oxygens (including phenoxy) is 2. The summed E-state index contributed by atoms with van der Waals surface area (Å²) in [6, 6.07) is 22.0. The van der Waals surface area contributed by atoms with Crippen molar-refractivity contribution in [2.45, 2.75) is 24.1 Å². The first-order chi connectivity index (χ1) is 18.9. The van der Waals surface area contributed by atoms with Crippen LogP contribution in [0, 0.1) is 11.8 Å². The van der Waals surface area contributed by atoms with Crippen LogP contribution in [-0.4, -0.2) is 63.4 Å². The average molecular weight is 550 g/mol. The standard InChI is InChI=1S/C29H31N3O6S/c33-29(30-34)28(22-38-21-26-4-2-1-3-5-26)31-39(35,36)27-14-12-24(13-15-27)7-6-23-8-10-25(11-9-23)20-32-16-18-37-19-17-32/h1-5,8-15,28,31,34H,16-22H2,(H,30,33)/t28-/m0/s1. The molecule has 0 aromatic heterocycles. The molecule has 1 aliphatic rings. The summed E-state index contributed by atoms with van der Waals surface area (Å²) in [5, 5.41) is 9.06. The Labute approximate surface area is 228 Å². The Morgan fingerprint density at radius 3 is 2.15 bits per heavy atom. The Kier molecular flexibility index (Phi) is 10.2. The van der Waals surface area contributed by atoms with Crippen molar-refractivity contribution >= 4 is 15.9 Å². The zero-order chi connectivity index (χ0) is 27.5. The smallest absolute Gasteiger partial charge is 0.263 e. The number of nitrogens with one attached hydrogen (secondary N) is 2. The number of amides is 1. The second kappa shape index (κ2) is 14.0. The first kappa shape index (κ1) is 28.4. The predicted molar refractivity (Wildman–Crippen MR) is 145 cm³/mol. The molecule has 9 nitrogen and oxygen atoms in total. The lowest BCUT2D eigenvalue weighted by Gasteiger charge is -2.26. The van der Waals surface area contributed by atoms with Crippen LogP contribution in [0.1, 0.15) is 22.3 Å². The molecule has 4 rings (SSSR count). The lowest BCUT2D eigenvalue weighted by molar-refractivity contribution is -0.132. The van der Waals surface area contributed by atoms with Crippen molar-refractivity contribution < 1.29 is 27.9 Å². The van der Waals surface area contributed by atoms with E-state index in [-0.39, 0.29) is 18.1 Å². The fraction of sp³-hybridized carbons (Fsp3) is 0.276. The van der Waals surface area contributed by atoms with E-state index in [1.807, 2.05) is 42.5 Å². The van der Waals surface area contributed by atoms with Gasteiger partial charge < -0.3 is 9.47 Å². The number of carbonyl (C=O) groups excluding carboxylic acids is 1. The van der Waals surface area contributed by atoms with Crippen molar-refractivity contribution in [3.8, 4) is 11.8 Å². The Morgan fingerprint density at radius 2 is 1.54 bits per heavy atom. The molecule has 1 fully saturated rings. The van der Waals surface area contributed by atoms with E-state index in [0.717, 1.165) is 44.0 Å². The number of hydrogen-bond donors (Lipinski definition) is 3. The molecule has 0 saturated carbocycles. The summed E-state index contributed by atoms with van der Waals surface area (Å²) in [6.07, 6.45) is 0. The third-order valence-electron chi connectivity index (χ3n) is 6.10. The van der Waals surface area contributed by atoms with Crippen molar-refractivity contribution in [3.63, 3.8) is 0 Å². The number of benzene rings is 3. The molecule has 1 saturated heterocycles. The highest BCUT2D eigenvalue weighted by Crippen LogP contribution is 2.13. The molecule has 0 unspecified atom stereocenters. The predicted octanol–water partition coefficient (Wildman–Crippen LogP) is 2.29. The largest absolute Gasteiger partial charge is 0.379 e. The number of nitrogens with zero attached hydrogens (tertiary/aromatic N) is 1. The van der Waals surface area contributed by atoms with Gasteiger partial charge in [0, 0.05) is 30.8 Å². The van der Waals surface area contributed by atoms with Crippen LogP contribution in [0.15, 0.2) is 83.8 Å². The summed E-state index contributed by atoms with van der Waals surface area (Å²) in [5.74, 6) is 5.21. The highest BCUT2D eigenvalue weighted by Gasteiger charge is 2.26. The van der Waals surface area contributed by atoms with Crippen LogP contribution in [0.4, 0.5) is 0 Å². The Bertz CT molecular complexity index is 1380. The van der Waals surface area contributed by atoms with Gasteiger partial charge in [-0.25, -0.2) is 13.9 Å². The van der Waals surface area contributed by atoms with E-state index in [4.69, 9.17) is 14.7 Å². The normalized spacial score (nSPS) is 14.7. The minimum Gasteiger partial charge on any atom is -0.379 e. The van der Waals surface area contributed by atoms with Crippen molar-refractivity contribution in [1.29, 1.82) is 0 Å². The van der Waals surface area contributed by atoms with Crippen molar-refractivity contribution in [2.75, 3.05) is 32.9 Å². The lowest BCUT2D eigenvalue weighted by atomic mass is 10.1. The van der Waals surface area contributed by atoms with Gasteiger partial charge in [-0.3, -0.25) is 14.9 Å². The quantitative estimate of drug-likeness (QED) is 0.202. The summed E-state index contributed by atoms with van der Waals surface area (Å²) in [4.78, 5) is 14.4. The summed E-state index contributed by atoms with van der Waals surface area (Å²) in [7, 11) is -4.07. The van der Waals surface area contributed by atoms with E-state index >= 15 is 0 Å². The third-order valence-corrected chi connectivity index (χ3v) is 7.59. The first-order valence-electron chi connectivity index (χ1n) is 12.5. The molecule has 1 amide bonds.